The van der Waals surface area contributed by atoms with Crippen molar-refractivity contribution in [2.45, 2.75) is 13.0 Å². The number of fused-ring (bicyclic) bond motifs is 2. The van der Waals surface area contributed by atoms with Crippen LogP contribution in [0.2, 0.25) is 5.15 Å². The summed E-state index contributed by atoms with van der Waals surface area (Å²) in [4.78, 5) is 26.3. The number of hydrogen-bond acceptors (Lipinski definition) is 4. The van der Waals surface area contributed by atoms with Gasteiger partial charge in [0, 0.05) is 31.1 Å². The van der Waals surface area contributed by atoms with Gasteiger partial charge in [0.15, 0.2) is 10.8 Å². The molecule has 5 aromatic rings. The summed E-state index contributed by atoms with van der Waals surface area (Å²) >= 11 is 6.26. The molecule has 0 saturated carbocycles. The molecule has 0 radical (unpaired) electrons. The number of imidazole rings is 2. The summed E-state index contributed by atoms with van der Waals surface area (Å²) in [6, 6.07) is 19.1. The molecule has 0 spiro atoms. The van der Waals surface area contributed by atoms with Crippen LogP contribution in [-0.4, -0.2) is 29.8 Å². The number of nitrogens with one attached hydrogen (secondary N) is 1. The molecule has 0 unspecified atom stereocenters. The molecule has 7 nitrogen and oxygen atoms in total. The Morgan fingerprint density at radius 1 is 1.00 bits per heavy atom. The zero-order chi connectivity index (χ0) is 20.5. The van der Waals surface area contributed by atoms with Crippen molar-refractivity contribution >= 4 is 40.1 Å². The summed E-state index contributed by atoms with van der Waals surface area (Å²) in [6.07, 6.45) is 4.24. The van der Waals surface area contributed by atoms with Crippen molar-refractivity contribution in [1.82, 2.24) is 23.9 Å². The van der Waals surface area contributed by atoms with E-state index in [1.807, 2.05) is 59.2 Å². The van der Waals surface area contributed by atoms with Gasteiger partial charge in [0.2, 0.25) is 5.95 Å². The predicted octanol–water partition coefficient (Wildman–Crippen LogP) is 4.23. The van der Waals surface area contributed by atoms with Gasteiger partial charge in [0.05, 0.1) is 11.0 Å². The highest BCUT2D eigenvalue weighted by Crippen LogP contribution is 2.23. The van der Waals surface area contributed by atoms with Crippen LogP contribution < -0.4 is 5.32 Å². The second-order valence-electron chi connectivity index (χ2n) is 6.78. The average Bonchev–Trinajstić information content (AvgIpc) is 3.29. The highest BCUT2D eigenvalue weighted by Gasteiger charge is 2.21. The molecule has 0 saturated heterocycles. The van der Waals surface area contributed by atoms with Crippen molar-refractivity contribution in [3.05, 3.63) is 89.6 Å². The van der Waals surface area contributed by atoms with Crippen molar-refractivity contribution in [3.8, 4) is 0 Å². The number of aromatic nitrogens is 5. The number of halogens is 1. The molecule has 0 fully saturated rings. The van der Waals surface area contributed by atoms with E-state index >= 15 is 0 Å². The lowest BCUT2D eigenvalue weighted by atomic mass is 10.2. The van der Waals surface area contributed by atoms with Crippen LogP contribution >= 0.6 is 11.6 Å². The van der Waals surface area contributed by atoms with Gasteiger partial charge in [-0.05, 0) is 36.4 Å². The first-order valence-corrected chi connectivity index (χ1v) is 9.87. The minimum Gasteiger partial charge on any atom is -0.310 e. The van der Waals surface area contributed by atoms with E-state index in [1.165, 1.54) is 0 Å². The number of pyridine rings is 2. The van der Waals surface area contributed by atoms with Gasteiger partial charge in [-0.3, -0.25) is 19.5 Å². The molecular formula is C22H17ClN6O. The first-order chi connectivity index (χ1) is 14.7. The van der Waals surface area contributed by atoms with E-state index in [1.54, 1.807) is 22.9 Å². The van der Waals surface area contributed by atoms with Gasteiger partial charge in [0.25, 0.3) is 5.91 Å². The fourth-order valence-electron chi connectivity index (χ4n) is 3.50. The summed E-state index contributed by atoms with van der Waals surface area (Å²) in [6.45, 7) is 0.619. The maximum Gasteiger partial charge on any atom is 0.278 e. The van der Waals surface area contributed by atoms with E-state index in [2.05, 4.69) is 20.3 Å². The van der Waals surface area contributed by atoms with Crippen molar-refractivity contribution in [2.75, 3.05) is 5.32 Å². The minimum atomic E-state index is -0.368. The van der Waals surface area contributed by atoms with Crippen LogP contribution in [0, 0.1) is 0 Å². The normalized spacial score (nSPS) is 11.2. The predicted molar refractivity (Wildman–Crippen MR) is 116 cm³/mol. The summed E-state index contributed by atoms with van der Waals surface area (Å²) in [7, 11) is 0. The van der Waals surface area contributed by atoms with E-state index < -0.39 is 0 Å². The van der Waals surface area contributed by atoms with Gasteiger partial charge in [-0.1, -0.05) is 35.9 Å². The van der Waals surface area contributed by atoms with Gasteiger partial charge in [0.1, 0.15) is 5.65 Å². The number of carbonyl (C=O) groups is 1. The molecule has 148 valence electrons. The summed E-state index contributed by atoms with van der Waals surface area (Å²) in [5, 5.41) is 3.07. The smallest absolute Gasteiger partial charge is 0.278 e. The maximum atomic E-state index is 13.1. The summed E-state index contributed by atoms with van der Waals surface area (Å²) in [5.74, 6) is 0.0900. The molecule has 8 heteroatoms. The van der Waals surface area contributed by atoms with Crippen molar-refractivity contribution in [2.24, 2.45) is 0 Å². The zero-order valence-electron chi connectivity index (χ0n) is 15.9. The lowest BCUT2D eigenvalue weighted by Gasteiger charge is -2.10. The van der Waals surface area contributed by atoms with Gasteiger partial charge >= 0.3 is 0 Å². The minimum absolute atomic E-state index is 0.148. The lowest BCUT2D eigenvalue weighted by Crippen LogP contribution is -2.18. The third-order valence-electron chi connectivity index (χ3n) is 4.90. The van der Waals surface area contributed by atoms with Crippen molar-refractivity contribution in [3.63, 3.8) is 0 Å². The molecule has 0 aliphatic carbocycles. The van der Waals surface area contributed by atoms with E-state index in [0.717, 1.165) is 16.7 Å². The SMILES string of the molecule is O=C(Nc1nc2ccccc2n1CCc1ccccn1)c1c(Cl)nc2ccccn12. The molecular weight excluding hydrogens is 400 g/mol. The third-order valence-corrected chi connectivity index (χ3v) is 5.16. The molecule has 1 amide bonds. The molecule has 1 aromatic carbocycles. The van der Waals surface area contributed by atoms with Gasteiger partial charge in [-0.2, -0.15) is 0 Å². The summed E-state index contributed by atoms with van der Waals surface area (Å²) < 4.78 is 3.65. The fraction of sp³-hybridized carbons (Fsp3) is 0.0909. The molecule has 1 N–H and O–H groups in total. The highest BCUT2D eigenvalue weighted by atomic mass is 35.5. The average molecular weight is 417 g/mol. The zero-order valence-corrected chi connectivity index (χ0v) is 16.6. The Morgan fingerprint density at radius 2 is 1.83 bits per heavy atom. The third kappa shape index (κ3) is 3.29. The second kappa shape index (κ2) is 7.61. The number of aryl methyl sites for hydroxylation is 2. The Labute approximate surface area is 177 Å². The molecule has 0 aliphatic heterocycles. The standard InChI is InChI=1S/C22H17ClN6O/c23-20-19(29-13-6-4-10-18(29)26-20)21(30)27-22-25-16-8-1-2-9-17(16)28(22)14-11-15-7-3-5-12-24-15/h1-10,12-13H,11,14H2,(H,25,27,30). The van der Waals surface area contributed by atoms with Crippen LogP contribution in [0.25, 0.3) is 16.7 Å². The number of hydrogen-bond donors (Lipinski definition) is 1. The lowest BCUT2D eigenvalue weighted by molar-refractivity contribution is 0.102. The number of carbonyl (C=O) groups excluding carboxylic acids is 1. The van der Waals surface area contributed by atoms with E-state index in [-0.39, 0.29) is 16.8 Å². The number of amides is 1. The Hall–Kier alpha value is -3.71. The van der Waals surface area contributed by atoms with Crippen LogP contribution in [0.5, 0.6) is 0 Å². The van der Waals surface area contributed by atoms with Gasteiger partial charge in [-0.25, -0.2) is 9.97 Å². The molecule has 0 aliphatic rings. The number of para-hydroxylation sites is 2. The van der Waals surface area contributed by atoms with Gasteiger partial charge < -0.3 is 4.57 Å². The maximum absolute atomic E-state index is 13.1. The molecule has 5 rings (SSSR count). The van der Waals surface area contributed by atoms with Crippen LogP contribution in [-0.2, 0) is 13.0 Å². The number of rotatable bonds is 5. The van der Waals surface area contributed by atoms with Crippen LogP contribution in [0.3, 0.4) is 0 Å². The molecule has 0 atom stereocenters. The van der Waals surface area contributed by atoms with Gasteiger partial charge in [-0.15, -0.1) is 0 Å². The first kappa shape index (κ1) is 18.3. The van der Waals surface area contributed by atoms with Crippen molar-refractivity contribution in [1.29, 1.82) is 0 Å². The Kier molecular flexibility index (Phi) is 4.65. The Balaban J connectivity index is 1.50. The molecule has 30 heavy (non-hydrogen) atoms. The summed E-state index contributed by atoms with van der Waals surface area (Å²) in [5.41, 5.74) is 3.59. The number of benzene rings is 1. The topological polar surface area (TPSA) is 77.1 Å². The Morgan fingerprint density at radius 3 is 2.70 bits per heavy atom. The highest BCUT2D eigenvalue weighted by molar-refractivity contribution is 6.33. The van der Waals surface area contributed by atoms with Crippen LogP contribution in [0.4, 0.5) is 5.95 Å². The van der Waals surface area contributed by atoms with E-state index in [0.29, 0.717) is 24.6 Å². The quantitative estimate of drug-likeness (QED) is 0.465. The Bertz CT molecular complexity index is 1360. The molecule has 4 heterocycles. The van der Waals surface area contributed by atoms with E-state index in [4.69, 9.17) is 11.6 Å². The van der Waals surface area contributed by atoms with Crippen molar-refractivity contribution < 1.29 is 4.79 Å². The van der Waals surface area contributed by atoms with E-state index in [9.17, 15) is 4.79 Å². The molecule has 4 aromatic heterocycles. The number of anilines is 1. The first-order valence-electron chi connectivity index (χ1n) is 9.50. The molecule has 0 bridgehead atoms. The van der Waals surface area contributed by atoms with Crippen LogP contribution in [0.1, 0.15) is 16.2 Å². The largest absolute Gasteiger partial charge is 0.310 e. The van der Waals surface area contributed by atoms with Crippen LogP contribution in [0.15, 0.2) is 73.1 Å². The number of nitrogens with zero attached hydrogens (tertiary/aromatic N) is 5. The monoisotopic (exact) mass is 416 g/mol. The second-order valence-corrected chi connectivity index (χ2v) is 7.14. The fourth-order valence-corrected chi connectivity index (χ4v) is 3.76.